The lowest BCUT2D eigenvalue weighted by Crippen LogP contribution is -2.34. The van der Waals surface area contributed by atoms with Crippen LogP contribution in [0, 0.1) is 11.3 Å². The summed E-state index contributed by atoms with van der Waals surface area (Å²) in [4.78, 5) is 10.8. The molecule has 1 fully saturated rings. The second-order valence-corrected chi connectivity index (χ2v) is 4.68. The zero-order valence-electron chi connectivity index (χ0n) is 9.71. The molecule has 0 saturated heterocycles. The summed E-state index contributed by atoms with van der Waals surface area (Å²) in [7, 11) is 1.73. The number of methoxy groups -OCH3 is 1. The molecule has 1 rings (SSSR count). The number of amides is 1. The number of carbonyl (C=O) groups excluding carboxylic acids is 1. The van der Waals surface area contributed by atoms with Gasteiger partial charge in [-0.3, -0.25) is 4.79 Å². The molecule has 4 heteroatoms. The van der Waals surface area contributed by atoms with Gasteiger partial charge in [-0.05, 0) is 24.7 Å². The topological polar surface area (TPSA) is 64.3 Å². The molecule has 1 aliphatic rings. The molecule has 1 saturated carbocycles. The molecule has 1 atom stereocenters. The molecule has 3 N–H and O–H groups in total. The summed E-state index contributed by atoms with van der Waals surface area (Å²) in [5.41, 5.74) is 5.62. The lowest BCUT2D eigenvalue weighted by atomic mass is 10.0. The Hall–Kier alpha value is -0.610. The minimum atomic E-state index is -0.232. The van der Waals surface area contributed by atoms with Gasteiger partial charge in [0.05, 0.1) is 0 Å². The highest BCUT2D eigenvalue weighted by molar-refractivity contribution is 5.76. The SMILES string of the molecule is COCCC1(CNCC(C)C(N)=O)CC1. The van der Waals surface area contributed by atoms with Crippen LogP contribution in [0.5, 0.6) is 0 Å². The van der Waals surface area contributed by atoms with E-state index in [0.717, 1.165) is 19.6 Å². The minimum absolute atomic E-state index is 0.0803. The Morgan fingerprint density at radius 3 is 2.73 bits per heavy atom. The van der Waals surface area contributed by atoms with Crippen LogP contribution in [0.3, 0.4) is 0 Å². The quantitative estimate of drug-likeness (QED) is 0.619. The summed E-state index contributed by atoms with van der Waals surface area (Å²) in [6.07, 6.45) is 3.66. The molecule has 1 aliphatic carbocycles. The van der Waals surface area contributed by atoms with Gasteiger partial charge >= 0.3 is 0 Å². The van der Waals surface area contributed by atoms with E-state index >= 15 is 0 Å². The average molecular weight is 214 g/mol. The Balaban J connectivity index is 2.11. The minimum Gasteiger partial charge on any atom is -0.385 e. The van der Waals surface area contributed by atoms with Crippen molar-refractivity contribution in [3.05, 3.63) is 0 Å². The molecule has 88 valence electrons. The molecule has 0 spiro atoms. The van der Waals surface area contributed by atoms with Crippen molar-refractivity contribution in [2.24, 2.45) is 17.1 Å². The van der Waals surface area contributed by atoms with Gasteiger partial charge in [-0.15, -0.1) is 0 Å². The average Bonchev–Trinajstić information content (AvgIpc) is 2.95. The van der Waals surface area contributed by atoms with Crippen LogP contribution in [0.15, 0.2) is 0 Å². The van der Waals surface area contributed by atoms with Crippen molar-refractivity contribution < 1.29 is 9.53 Å². The van der Waals surface area contributed by atoms with E-state index in [-0.39, 0.29) is 11.8 Å². The van der Waals surface area contributed by atoms with E-state index in [9.17, 15) is 4.79 Å². The Morgan fingerprint density at radius 2 is 2.27 bits per heavy atom. The van der Waals surface area contributed by atoms with Crippen molar-refractivity contribution in [3.63, 3.8) is 0 Å². The first kappa shape index (κ1) is 12.5. The van der Waals surface area contributed by atoms with Gasteiger partial charge < -0.3 is 15.8 Å². The fourth-order valence-corrected chi connectivity index (χ4v) is 1.66. The first-order valence-corrected chi connectivity index (χ1v) is 5.59. The number of primary amides is 1. The molecule has 15 heavy (non-hydrogen) atoms. The third kappa shape index (κ3) is 4.18. The molecule has 1 unspecified atom stereocenters. The van der Waals surface area contributed by atoms with Crippen LogP contribution < -0.4 is 11.1 Å². The fourth-order valence-electron chi connectivity index (χ4n) is 1.66. The van der Waals surface area contributed by atoms with E-state index in [0.29, 0.717) is 12.0 Å². The maximum Gasteiger partial charge on any atom is 0.221 e. The van der Waals surface area contributed by atoms with E-state index in [4.69, 9.17) is 10.5 Å². The van der Waals surface area contributed by atoms with Crippen LogP contribution in [0.25, 0.3) is 0 Å². The van der Waals surface area contributed by atoms with Gasteiger partial charge in [0.1, 0.15) is 0 Å². The Bertz CT molecular complexity index is 215. The number of hydrogen-bond acceptors (Lipinski definition) is 3. The maximum absolute atomic E-state index is 10.8. The fraction of sp³-hybridized carbons (Fsp3) is 0.909. The van der Waals surface area contributed by atoms with E-state index in [2.05, 4.69) is 5.32 Å². The van der Waals surface area contributed by atoms with Crippen molar-refractivity contribution >= 4 is 5.91 Å². The first-order valence-electron chi connectivity index (χ1n) is 5.59. The van der Waals surface area contributed by atoms with E-state index in [1.807, 2.05) is 6.92 Å². The van der Waals surface area contributed by atoms with Gasteiger partial charge in [0, 0.05) is 32.7 Å². The number of nitrogens with one attached hydrogen (secondary N) is 1. The van der Waals surface area contributed by atoms with Gasteiger partial charge in [0.15, 0.2) is 0 Å². The van der Waals surface area contributed by atoms with Gasteiger partial charge in [0.2, 0.25) is 5.91 Å². The van der Waals surface area contributed by atoms with Crippen molar-refractivity contribution in [1.29, 1.82) is 0 Å². The van der Waals surface area contributed by atoms with Gasteiger partial charge in [-0.1, -0.05) is 6.92 Å². The molecule has 0 heterocycles. The summed E-state index contributed by atoms with van der Waals surface area (Å²) >= 11 is 0. The predicted octanol–water partition coefficient (Wildman–Crippen LogP) is 0.514. The zero-order valence-corrected chi connectivity index (χ0v) is 9.71. The number of rotatable bonds is 8. The third-order valence-electron chi connectivity index (χ3n) is 3.23. The van der Waals surface area contributed by atoms with Crippen molar-refractivity contribution in [1.82, 2.24) is 5.32 Å². The van der Waals surface area contributed by atoms with E-state index in [1.165, 1.54) is 12.8 Å². The Kier molecular flexibility index (Phi) is 4.54. The van der Waals surface area contributed by atoms with E-state index in [1.54, 1.807) is 7.11 Å². The normalized spacial score (nSPS) is 19.9. The molecule has 0 bridgehead atoms. The van der Waals surface area contributed by atoms with Crippen LogP contribution >= 0.6 is 0 Å². The molecule has 1 amide bonds. The molecule has 0 aliphatic heterocycles. The lowest BCUT2D eigenvalue weighted by molar-refractivity contribution is -0.121. The van der Waals surface area contributed by atoms with E-state index < -0.39 is 0 Å². The number of carbonyl (C=O) groups is 1. The number of nitrogens with two attached hydrogens (primary N) is 1. The van der Waals surface area contributed by atoms with Gasteiger partial charge in [-0.25, -0.2) is 0 Å². The maximum atomic E-state index is 10.8. The molecular weight excluding hydrogens is 192 g/mol. The summed E-state index contributed by atoms with van der Waals surface area (Å²) in [5.74, 6) is -0.313. The predicted molar refractivity (Wildman–Crippen MR) is 59.4 cm³/mol. The summed E-state index contributed by atoms with van der Waals surface area (Å²) in [6.45, 7) is 4.34. The summed E-state index contributed by atoms with van der Waals surface area (Å²) < 4.78 is 5.08. The molecule has 0 aromatic carbocycles. The van der Waals surface area contributed by atoms with Gasteiger partial charge in [0.25, 0.3) is 0 Å². The monoisotopic (exact) mass is 214 g/mol. The van der Waals surface area contributed by atoms with Crippen LogP contribution in [0.2, 0.25) is 0 Å². The number of ether oxygens (including phenoxy) is 1. The Labute approximate surface area is 91.5 Å². The highest BCUT2D eigenvalue weighted by Gasteiger charge is 2.41. The highest BCUT2D eigenvalue weighted by atomic mass is 16.5. The third-order valence-corrected chi connectivity index (χ3v) is 3.23. The standard InChI is InChI=1S/C11H22N2O2/c1-9(10(12)14)7-13-8-11(3-4-11)5-6-15-2/h9,13H,3-8H2,1-2H3,(H2,12,14). The van der Waals surface area contributed by atoms with Crippen molar-refractivity contribution in [2.45, 2.75) is 26.2 Å². The highest BCUT2D eigenvalue weighted by Crippen LogP contribution is 2.48. The van der Waals surface area contributed by atoms with Crippen LogP contribution in [-0.4, -0.2) is 32.7 Å². The van der Waals surface area contributed by atoms with Gasteiger partial charge in [-0.2, -0.15) is 0 Å². The summed E-state index contributed by atoms with van der Waals surface area (Å²) in [5, 5.41) is 3.32. The smallest absolute Gasteiger partial charge is 0.221 e. The molecule has 4 nitrogen and oxygen atoms in total. The zero-order chi connectivity index (χ0) is 11.3. The molecular formula is C11H22N2O2. The lowest BCUT2D eigenvalue weighted by Gasteiger charge is -2.16. The first-order chi connectivity index (χ1) is 7.09. The summed E-state index contributed by atoms with van der Waals surface area (Å²) in [6, 6.07) is 0. The van der Waals surface area contributed by atoms with Crippen LogP contribution in [0.4, 0.5) is 0 Å². The second-order valence-electron chi connectivity index (χ2n) is 4.68. The Morgan fingerprint density at radius 1 is 1.60 bits per heavy atom. The van der Waals surface area contributed by atoms with Crippen LogP contribution in [0.1, 0.15) is 26.2 Å². The largest absolute Gasteiger partial charge is 0.385 e. The van der Waals surface area contributed by atoms with Crippen molar-refractivity contribution in [3.8, 4) is 0 Å². The second kappa shape index (κ2) is 5.47. The number of hydrogen-bond donors (Lipinski definition) is 2. The van der Waals surface area contributed by atoms with Crippen molar-refractivity contribution in [2.75, 3.05) is 26.8 Å². The molecule has 0 aromatic heterocycles. The molecule has 0 radical (unpaired) electrons. The molecule has 0 aromatic rings. The van der Waals surface area contributed by atoms with Crippen LogP contribution in [-0.2, 0) is 9.53 Å².